The Labute approximate surface area is 85.6 Å². The van der Waals surface area contributed by atoms with Gasteiger partial charge in [-0.1, -0.05) is 32.5 Å². The van der Waals surface area contributed by atoms with E-state index in [0.29, 0.717) is 12.0 Å². The second-order valence-electron chi connectivity index (χ2n) is 3.79. The van der Waals surface area contributed by atoms with Crippen molar-refractivity contribution in [2.24, 2.45) is 10.9 Å². The van der Waals surface area contributed by atoms with Crippen LogP contribution in [0.25, 0.3) is 0 Å². The molecule has 0 bridgehead atoms. The maximum absolute atomic E-state index is 4.47. The van der Waals surface area contributed by atoms with Gasteiger partial charge in [-0.2, -0.15) is 0 Å². The first-order chi connectivity index (χ1) is 6.24. The van der Waals surface area contributed by atoms with E-state index in [-0.39, 0.29) is 0 Å². The normalized spacial score (nSPS) is 19.8. The van der Waals surface area contributed by atoms with Crippen LogP contribution in [-0.4, -0.2) is 23.5 Å². The van der Waals surface area contributed by atoms with Crippen LogP contribution in [-0.2, 0) is 0 Å². The SMILES string of the molecule is CCC(NC1=NCCCS1)C(C)C. The quantitative estimate of drug-likeness (QED) is 0.757. The van der Waals surface area contributed by atoms with Gasteiger partial charge in [0.2, 0.25) is 0 Å². The van der Waals surface area contributed by atoms with Gasteiger partial charge in [0.05, 0.1) is 0 Å². The van der Waals surface area contributed by atoms with Gasteiger partial charge in [0.15, 0.2) is 5.17 Å². The highest BCUT2D eigenvalue weighted by atomic mass is 32.2. The highest BCUT2D eigenvalue weighted by Crippen LogP contribution is 2.13. The lowest BCUT2D eigenvalue weighted by molar-refractivity contribution is 0.443. The fourth-order valence-electron chi connectivity index (χ4n) is 1.45. The van der Waals surface area contributed by atoms with E-state index < -0.39 is 0 Å². The number of rotatable bonds is 3. The summed E-state index contributed by atoms with van der Waals surface area (Å²) in [6.07, 6.45) is 2.41. The maximum atomic E-state index is 4.47. The summed E-state index contributed by atoms with van der Waals surface area (Å²) >= 11 is 1.86. The summed E-state index contributed by atoms with van der Waals surface area (Å²) in [4.78, 5) is 4.47. The van der Waals surface area contributed by atoms with Crippen LogP contribution in [0.15, 0.2) is 4.99 Å². The number of nitrogens with zero attached hydrogens (tertiary/aromatic N) is 1. The van der Waals surface area contributed by atoms with Crippen molar-refractivity contribution in [3.8, 4) is 0 Å². The summed E-state index contributed by atoms with van der Waals surface area (Å²) in [5.74, 6) is 1.91. The van der Waals surface area contributed by atoms with Crippen LogP contribution < -0.4 is 5.32 Å². The third-order valence-corrected chi connectivity index (χ3v) is 3.36. The van der Waals surface area contributed by atoms with E-state index in [2.05, 4.69) is 31.1 Å². The van der Waals surface area contributed by atoms with Crippen molar-refractivity contribution in [1.82, 2.24) is 5.32 Å². The van der Waals surface area contributed by atoms with E-state index in [4.69, 9.17) is 0 Å². The minimum absolute atomic E-state index is 0.587. The largest absolute Gasteiger partial charge is 0.362 e. The molecule has 0 aliphatic carbocycles. The standard InChI is InChI=1S/C10H20N2S/c1-4-9(8(2)3)12-10-11-6-5-7-13-10/h8-9H,4-7H2,1-3H3,(H,11,12). The molecular formula is C10H20N2S. The van der Waals surface area contributed by atoms with Crippen LogP contribution in [0.3, 0.4) is 0 Å². The molecule has 1 aliphatic rings. The zero-order valence-corrected chi connectivity index (χ0v) is 9.66. The van der Waals surface area contributed by atoms with Crippen LogP contribution in [0, 0.1) is 5.92 Å². The Bertz CT molecular complexity index is 178. The molecule has 76 valence electrons. The first-order valence-electron chi connectivity index (χ1n) is 5.17. The summed E-state index contributed by atoms with van der Waals surface area (Å²) in [5, 5.41) is 4.68. The molecule has 0 aromatic heterocycles. The van der Waals surface area contributed by atoms with E-state index in [9.17, 15) is 0 Å². The predicted octanol–water partition coefficient (Wildman–Crippen LogP) is 2.50. The molecule has 13 heavy (non-hydrogen) atoms. The summed E-state index contributed by atoms with van der Waals surface area (Å²) in [5.41, 5.74) is 0. The van der Waals surface area contributed by atoms with Gasteiger partial charge in [-0.15, -0.1) is 0 Å². The average Bonchev–Trinajstić information content (AvgIpc) is 2.15. The fourth-order valence-corrected chi connectivity index (χ4v) is 2.33. The van der Waals surface area contributed by atoms with Gasteiger partial charge in [-0.25, -0.2) is 0 Å². The molecule has 0 spiro atoms. The van der Waals surface area contributed by atoms with Crippen LogP contribution in [0.5, 0.6) is 0 Å². The zero-order valence-electron chi connectivity index (χ0n) is 8.84. The predicted molar refractivity (Wildman–Crippen MR) is 61.4 cm³/mol. The van der Waals surface area contributed by atoms with Crippen LogP contribution >= 0.6 is 11.8 Å². The minimum atomic E-state index is 0.587. The molecule has 3 heteroatoms. The molecule has 1 aliphatic heterocycles. The monoisotopic (exact) mass is 200 g/mol. The topological polar surface area (TPSA) is 24.4 Å². The highest BCUT2D eigenvalue weighted by molar-refractivity contribution is 8.13. The molecule has 2 nitrogen and oxygen atoms in total. The van der Waals surface area contributed by atoms with Crippen molar-refractivity contribution < 1.29 is 0 Å². The lowest BCUT2D eigenvalue weighted by atomic mass is 10.0. The lowest BCUT2D eigenvalue weighted by Crippen LogP contribution is -2.37. The van der Waals surface area contributed by atoms with Gasteiger partial charge < -0.3 is 5.32 Å². The van der Waals surface area contributed by atoms with Crippen LogP contribution in [0.2, 0.25) is 0 Å². The first-order valence-corrected chi connectivity index (χ1v) is 6.16. The molecule has 0 aromatic rings. The smallest absolute Gasteiger partial charge is 0.156 e. The number of hydrogen-bond donors (Lipinski definition) is 1. The Morgan fingerprint density at radius 3 is 2.77 bits per heavy atom. The minimum Gasteiger partial charge on any atom is -0.362 e. The average molecular weight is 200 g/mol. The van der Waals surface area contributed by atoms with Gasteiger partial charge >= 0.3 is 0 Å². The van der Waals surface area contributed by atoms with E-state index in [1.165, 1.54) is 18.6 Å². The molecule has 1 heterocycles. The molecule has 0 saturated heterocycles. The first kappa shape index (κ1) is 10.9. The molecule has 1 rings (SSSR count). The van der Waals surface area contributed by atoms with E-state index in [1.807, 2.05) is 11.8 Å². The van der Waals surface area contributed by atoms with Gasteiger partial charge in [0.25, 0.3) is 0 Å². The number of amidine groups is 1. The Balaban J connectivity index is 2.40. The molecule has 1 unspecified atom stereocenters. The molecule has 0 amide bonds. The third-order valence-electron chi connectivity index (χ3n) is 2.35. The molecule has 0 fully saturated rings. The molecular weight excluding hydrogens is 180 g/mol. The van der Waals surface area contributed by atoms with E-state index in [0.717, 1.165) is 11.7 Å². The van der Waals surface area contributed by atoms with Crippen molar-refractivity contribution in [3.05, 3.63) is 0 Å². The number of aliphatic imine (C=N–C) groups is 1. The second-order valence-corrected chi connectivity index (χ2v) is 4.88. The third kappa shape index (κ3) is 3.59. The van der Waals surface area contributed by atoms with Crippen LogP contribution in [0.1, 0.15) is 33.6 Å². The highest BCUT2D eigenvalue weighted by Gasteiger charge is 2.14. The van der Waals surface area contributed by atoms with Gasteiger partial charge in [-0.3, -0.25) is 4.99 Å². The fraction of sp³-hybridized carbons (Fsp3) is 0.900. The van der Waals surface area contributed by atoms with Crippen molar-refractivity contribution >= 4 is 16.9 Å². The number of thioether (sulfide) groups is 1. The summed E-state index contributed by atoms with van der Waals surface area (Å²) in [6, 6.07) is 0.587. The zero-order chi connectivity index (χ0) is 9.68. The number of nitrogens with one attached hydrogen (secondary N) is 1. The number of hydrogen-bond acceptors (Lipinski definition) is 3. The summed E-state index contributed by atoms with van der Waals surface area (Å²) in [6.45, 7) is 7.75. The van der Waals surface area contributed by atoms with Crippen molar-refractivity contribution in [1.29, 1.82) is 0 Å². The maximum Gasteiger partial charge on any atom is 0.156 e. The van der Waals surface area contributed by atoms with E-state index >= 15 is 0 Å². The molecule has 0 saturated carbocycles. The van der Waals surface area contributed by atoms with Gasteiger partial charge in [0, 0.05) is 18.3 Å². The van der Waals surface area contributed by atoms with E-state index in [1.54, 1.807) is 0 Å². The van der Waals surface area contributed by atoms with Crippen molar-refractivity contribution in [3.63, 3.8) is 0 Å². The van der Waals surface area contributed by atoms with Gasteiger partial charge in [0.1, 0.15) is 0 Å². The molecule has 1 N–H and O–H groups in total. The Kier molecular flexibility index (Phi) is 4.64. The lowest BCUT2D eigenvalue weighted by Gasteiger charge is -2.23. The summed E-state index contributed by atoms with van der Waals surface area (Å²) < 4.78 is 0. The second kappa shape index (κ2) is 5.53. The van der Waals surface area contributed by atoms with Crippen molar-refractivity contribution in [2.45, 2.75) is 39.7 Å². The molecule has 1 atom stereocenters. The van der Waals surface area contributed by atoms with Gasteiger partial charge in [-0.05, 0) is 18.8 Å². The Morgan fingerprint density at radius 1 is 1.54 bits per heavy atom. The van der Waals surface area contributed by atoms with Crippen LogP contribution in [0.4, 0.5) is 0 Å². The Morgan fingerprint density at radius 2 is 2.31 bits per heavy atom. The molecule has 0 aromatic carbocycles. The Hall–Kier alpha value is -0.180. The molecule has 0 radical (unpaired) electrons. The summed E-state index contributed by atoms with van der Waals surface area (Å²) in [7, 11) is 0. The van der Waals surface area contributed by atoms with Crippen molar-refractivity contribution in [2.75, 3.05) is 12.3 Å².